The third-order valence-electron chi connectivity index (χ3n) is 5.15. The summed E-state index contributed by atoms with van der Waals surface area (Å²) in [5.74, 6) is 0.0339. The molecule has 25 heavy (non-hydrogen) atoms. The van der Waals surface area contributed by atoms with E-state index in [9.17, 15) is 10.1 Å². The topological polar surface area (TPSA) is 99.2 Å². The maximum atomic E-state index is 12.9. The molecule has 0 aliphatic carbocycles. The molecule has 1 N–H and O–H groups in total. The van der Waals surface area contributed by atoms with Crippen LogP contribution in [-0.4, -0.2) is 38.6 Å². The van der Waals surface area contributed by atoms with Gasteiger partial charge in [-0.2, -0.15) is 5.26 Å². The second-order valence-corrected chi connectivity index (χ2v) is 6.35. The molecule has 2 aliphatic heterocycles. The first kappa shape index (κ1) is 13.9. The number of benzene rings is 1. The number of nitriles is 1. The van der Waals surface area contributed by atoms with E-state index in [1.807, 2.05) is 29.2 Å². The van der Waals surface area contributed by atoms with Crippen LogP contribution in [-0.2, 0) is 10.2 Å². The zero-order valence-corrected chi connectivity index (χ0v) is 13.1. The van der Waals surface area contributed by atoms with Crippen LogP contribution in [0.1, 0.15) is 5.56 Å². The standard InChI is InChI=1S/C17H13N7O/c18-7-11-8-24(14-15-22-20-10-23(15)6-5-19-14)9-17(11)12-3-1-2-4-13(12)21-16(17)25/h1-6,10-11H,8-9H2,(H,21,25)/t11-,17-/m0/s1. The summed E-state index contributed by atoms with van der Waals surface area (Å²) in [4.78, 5) is 19.3. The molecule has 8 nitrogen and oxygen atoms in total. The van der Waals surface area contributed by atoms with Crippen LogP contribution in [0.3, 0.4) is 0 Å². The molecule has 0 saturated carbocycles. The van der Waals surface area contributed by atoms with Gasteiger partial charge in [0.15, 0.2) is 5.82 Å². The van der Waals surface area contributed by atoms with Gasteiger partial charge in [-0.25, -0.2) is 4.98 Å². The van der Waals surface area contributed by atoms with Crippen LogP contribution in [0.25, 0.3) is 5.65 Å². The van der Waals surface area contributed by atoms with Gasteiger partial charge in [0.1, 0.15) is 11.7 Å². The highest BCUT2D eigenvalue weighted by Crippen LogP contribution is 2.48. The van der Waals surface area contributed by atoms with Crippen molar-refractivity contribution in [1.82, 2.24) is 19.6 Å². The first-order chi connectivity index (χ1) is 12.2. The lowest BCUT2D eigenvalue weighted by atomic mass is 9.74. The predicted octanol–water partition coefficient (Wildman–Crippen LogP) is 0.974. The molecule has 2 aromatic heterocycles. The summed E-state index contributed by atoms with van der Waals surface area (Å²) >= 11 is 0. The van der Waals surface area contributed by atoms with Gasteiger partial charge in [0.2, 0.25) is 11.6 Å². The number of hydrogen-bond donors (Lipinski definition) is 1. The Morgan fingerprint density at radius 1 is 1.36 bits per heavy atom. The van der Waals surface area contributed by atoms with Crippen molar-refractivity contribution >= 4 is 23.1 Å². The van der Waals surface area contributed by atoms with Crippen molar-refractivity contribution in [3.05, 3.63) is 48.5 Å². The van der Waals surface area contributed by atoms with Gasteiger partial charge in [0.25, 0.3) is 0 Å². The molecule has 3 aromatic rings. The van der Waals surface area contributed by atoms with E-state index in [1.54, 1.807) is 23.1 Å². The lowest BCUT2D eigenvalue weighted by Gasteiger charge is -2.24. The van der Waals surface area contributed by atoms with E-state index >= 15 is 0 Å². The summed E-state index contributed by atoms with van der Waals surface area (Å²) < 4.78 is 1.78. The lowest BCUT2D eigenvalue weighted by molar-refractivity contribution is -0.120. The van der Waals surface area contributed by atoms with Gasteiger partial charge >= 0.3 is 0 Å². The maximum Gasteiger partial charge on any atom is 0.238 e. The molecule has 1 spiro atoms. The van der Waals surface area contributed by atoms with Gasteiger partial charge in [-0.1, -0.05) is 18.2 Å². The molecule has 0 radical (unpaired) electrons. The van der Waals surface area contributed by atoms with E-state index < -0.39 is 11.3 Å². The van der Waals surface area contributed by atoms with E-state index in [-0.39, 0.29) is 5.91 Å². The highest BCUT2D eigenvalue weighted by atomic mass is 16.2. The molecule has 122 valence electrons. The average Bonchev–Trinajstić information content (AvgIpc) is 3.33. The molecule has 1 saturated heterocycles. The van der Waals surface area contributed by atoms with Crippen LogP contribution < -0.4 is 10.2 Å². The fraction of sp³-hybridized carbons (Fsp3) is 0.235. The largest absolute Gasteiger partial charge is 0.351 e. The van der Waals surface area contributed by atoms with Crippen molar-refractivity contribution in [3.8, 4) is 6.07 Å². The number of amides is 1. The van der Waals surface area contributed by atoms with Crippen LogP contribution in [0.2, 0.25) is 0 Å². The Hall–Kier alpha value is -3.47. The van der Waals surface area contributed by atoms with Gasteiger partial charge in [-0.15, -0.1) is 10.2 Å². The minimum absolute atomic E-state index is 0.129. The molecule has 4 heterocycles. The Morgan fingerprint density at radius 3 is 3.12 bits per heavy atom. The Balaban J connectivity index is 1.66. The number of carbonyl (C=O) groups is 1. The molecule has 2 aliphatic rings. The van der Waals surface area contributed by atoms with Crippen LogP contribution >= 0.6 is 0 Å². The Bertz CT molecular complexity index is 1050. The maximum absolute atomic E-state index is 12.9. The number of anilines is 2. The van der Waals surface area contributed by atoms with Crippen molar-refractivity contribution in [2.45, 2.75) is 5.41 Å². The van der Waals surface area contributed by atoms with E-state index in [1.165, 1.54) is 0 Å². The normalized spacial score (nSPS) is 24.5. The third kappa shape index (κ3) is 1.69. The lowest BCUT2D eigenvalue weighted by Crippen LogP contribution is -2.42. The van der Waals surface area contributed by atoms with Gasteiger partial charge in [-0.3, -0.25) is 9.20 Å². The van der Waals surface area contributed by atoms with Gasteiger partial charge < -0.3 is 10.2 Å². The van der Waals surface area contributed by atoms with E-state index in [2.05, 4.69) is 26.6 Å². The highest BCUT2D eigenvalue weighted by molar-refractivity contribution is 6.07. The first-order valence-electron chi connectivity index (χ1n) is 7.94. The Labute approximate surface area is 142 Å². The summed E-state index contributed by atoms with van der Waals surface area (Å²) in [5.41, 5.74) is 1.38. The summed E-state index contributed by atoms with van der Waals surface area (Å²) in [6.07, 6.45) is 5.04. The van der Waals surface area contributed by atoms with Crippen molar-refractivity contribution in [2.75, 3.05) is 23.3 Å². The second-order valence-electron chi connectivity index (χ2n) is 6.35. The third-order valence-corrected chi connectivity index (χ3v) is 5.15. The summed E-state index contributed by atoms with van der Waals surface area (Å²) in [6, 6.07) is 9.91. The number of para-hydroxylation sites is 1. The molecule has 5 rings (SSSR count). The van der Waals surface area contributed by atoms with Crippen molar-refractivity contribution < 1.29 is 4.79 Å². The summed E-state index contributed by atoms with van der Waals surface area (Å²) in [5, 5.41) is 20.7. The SMILES string of the molecule is N#C[C@H]1CN(c2nccn3cnnc23)C[C@]12C(=O)Nc1ccccc12. The van der Waals surface area contributed by atoms with E-state index in [4.69, 9.17) is 0 Å². The summed E-state index contributed by atoms with van der Waals surface area (Å²) in [7, 11) is 0. The second kappa shape index (κ2) is 4.77. The monoisotopic (exact) mass is 331 g/mol. The number of aromatic nitrogens is 4. The van der Waals surface area contributed by atoms with Crippen molar-refractivity contribution in [2.24, 2.45) is 5.92 Å². The molecule has 8 heteroatoms. The molecular weight excluding hydrogens is 318 g/mol. The quantitative estimate of drug-likeness (QED) is 0.713. The zero-order valence-electron chi connectivity index (χ0n) is 13.1. The fourth-order valence-corrected chi connectivity index (χ4v) is 3.97. The van der Waals surface area contributed by atoms with E-state index in [0.717, 1.165) is 11.3 Å². The van der Waals surface area contributed by atoms with Gasteiger partial charge in [0, 0.05) is 31.2 Å². The average molecular weight is 331 g/mol. The minimum atomic E-state index is -0.889. The minimum Gasteiger partial charge on any atom is -0.351 e. The molecular formula is C17H13N7O. The number of fused-ring (bicyclic) bond motifs is 3. The molecule has 0 bridgehead atoms. The summed E-state index contributed by atoms with van der Waals surface area (Å²) in [6.45, 7) is 0.797. The van der Waals surface area contributed by atoms with Crippen LogP contribution in [0, 0.1) is 17.2 Å². The molecule has 1 aromatic carbocycles. The molecule has 0 unspecified atom stereocenters. The zero-order chi connectivity index (χ0) is 17.0. The van der Waals surface area contributed by atoms with Gasteiger partial charge in [0.05, 0.1) is 12.0 Å². The number of hydrogen-bond acceptors (Lipinski definition) is 6. The molecule has 2 atom stereocenters. The first-order valence-corrected chi connectivity index (χ1v) is 7.94. The van der Waals surface area contributed by atoms with Crippen molar-refractivity contribution in [3.63, 3.8) is 0 Å². The fourth-order valence-electron chi connectivity index (χ4n) is 3.97. The van der Waals surface area contributed by atoms with Crippen LogP contribution in [0.5, 0.6) is 0 Å². The van der Waals surface area contributed by atoms with Crippen LogP contribution in [0.4, 0.5) is 11.5 Å². The Morgan fingerprint density at radius 2 is 2.24 bits per heavy atom. The smallest absolute Gasteiger partial charge is 0.238 e. The van der Waals surface area contributed by atoms with E-state index in [0.29, 0.717) is 24.6 Å². The molecule has 1 amide bonds. The van der Waals surface area contributed by atoms with Gasteiger partial charge in [-0.05, 0) is 11.6 Å². The highest BCUT2D eigenvalue weighted by Gasteiger charge is 2.58. The van der Waals surface area contributed by atoms with Crippen LogP contribution in [0.15, 0.2) is 43.0 Å². The number of rotatable bonds is 1. The number of nitrogens with one attached hydrogen (secondary N) is 1. The molecule has 1 fully saturated rings. The predicted molar refractivity (Wildman–Crippen MR) is 88.8 cm³/mol. The number of nitrogens with zero attached hydrogens (tertiary/aromatic N) is 6. The van der Waals surface area contributed by atoms with Crippen molar-refractivity contribution in [1.29, 1.82) is 5.26 Å². The number of carbonyl (C=O) groups excluding carboxylic acids is 1. The Kier molecular flexibility index (Phi) is 2.65.